The monoisotopic (exact) mass is 392 g/mol. The lowest BCUT2D eigenvalue weighted by Crippen LogP contribution is -2.38. The molecule has 1 aromatic heterocycles. The van der Waals surface area contributed by atoms with E-state index in [-0.39, 0.29) is 22.7 Å². The van der Waals surface area contributed by atoms with Crippen LogP contribution in [0.2, 0.25) is 0 Å². The normalized spacial score (nSPS) is 11.6. The molecule has 0 aliphatic heterocycles. The van der Waals surface area contributed by atoms with E-state index in [0.29, 0.717) is 23.9 Å². The fourth-order valence-corrected chi connectivity index (χ4v) is 3.10. The maximum Gasteiger partial charge on any atom is 0.274 e. The fourth-order valence-electron chi connectivity index (χ4n) is 3.10. The number of fused-ring (bicyclic) bond motifs is 1. The Bertz CT molecular complexity index is 1040. The number of benzene rings is 2. The van der Waals surface area contributed by atoms with E-state index in [1.807, 2.05) is 36.4 Å². The van der Waals surface area contributed by atoms with E-state index in [0.717, 1.165) is 18.5 Å². The van der Waals surface area contributed by atoms with Crippen molar-refractivity contribution in [2.24, 2.45) is 0 Å². The van der Waals surface area contributed by atoms with Crippen LogP contribution in [-0.4, -0.2) is 34.3 Å². The Labute approximate surface area is 170 Å². The molecule has 0 saturated heterocycles. The van der Waals surface area contributed by atoms with E-state index in [4.69, 9.17) is 0 Å². The van der Waals surface area contributed by atoms with Gasteiger partial charge >= 0.3 is 0 Å². The van der Waals surface area contributed by atoms with E-state index in [2.05, 4.69) is 36.5 Å². The number of rotatable bonds is 7. The fraction of sp³-hybridized carbons (Fsp3) is 0.348. The van der Waals surface area contributed by atoms with E-state index >= 15 is 0 Å². The van der Waals surface area contributed by atoms with Gasteiger partial charge in [0.2, 0.25) is 0 Å². The second-order valence-electron chi connectivity index (χ2n) is 8.13. The summed E-state index contributed by atoms with van der Waals surface area (Å²) in [6.45, 7) is 7.99. The van der Waals surface area contributed by atoms with Crippen molar-refractivity contribution in [1.29, 1.82) is 0 Å². The zero-order valence-electron chi connectivity index (χ0n) is 17.2. The minimum absolute atomic E-state index is 0.0503. The van der Waals surface area contributed by atoms with Crippen LogP contribution in [-0.2, 0) is 6.54 Å². The first-order valence-corrected chi connectivity index (χ1v) is 9.92. The molecule has 0 unspecified atom stereocenters. The van der Waals surface area contributed by atoms with Crippen LogP contribution >= 0.6 is 0 Å². The number of hydrogen-bond donors (Lipinski definition) is 2. The van der Waals surface area contributed by atoms with Crippen LogP contribution < -0.4 is 16.2 Å². The number of carbonyl (C=O) groups excluding carboxylic acids is 1. The molecule has 0 aliphatic rings. The molecule has 29 heavy (non-hydrogen) atoms. The summed E-state index contributed by atoms with van der Waals surface area (Å²) in [6, 6.07) is 16.8. The average molecular weight is 393 g/mol. The van der Waals surface area contributed by atoms with E-state index in [1.54, 1.807) is 18.2 Å². The summed E-state index contributed by atoms with van der Waals surface area (Å²) in [5.41, 5.74) is 1.08. The van der Waals surface area contributed by atoms with Crippen molar-refractivity contribution in [3.63, 3.8) is 0 Å². The van der Waals surface area contributed by atoms with Gasteiger partial charge in [-0.1, -0.05) is 48.5 Å². The molecule has 2 aromatic carbocycles. The zero-order valence-corrected chi connectivity index (χ0v) is 17.2. The minimum atomic E-state index is -0.265. The molecule has 152 valence electrons. The van der Waals surface area contributed by atoms with E-state index < -0.39 is 0 Å². The lowest BCUT2D eigenvalue weighted by atomic mass is 10.1. The van der Waals surface area contributed by atoms with Crippen molar-refractivity contribution < 1.29 is 4.79 Å². The summed E-state index contributed by atoms with van der Waals surface area (Å²) in [6.07, 6.45) is 0.810. The van der Waals surface area contributed by atoms with Crippen molar-refractivity contribution in [2.45, 2.75) is 39.3 Å². The quantitative estimate of drug-likeness (QED) is 0.606. The molecule has 0 saturated carbocycles. The predicted octanol–water partition coefficient (Wildman–Crippen LogP) is 2.95. The van der Waals surface area contributed by atoms with Crippen molar-refractivity contribution in [3.8, 4) is 0 Å². The first-order valence-electron chi connectivity index (χ1n) is 9.92. The van der Waals surface area contributed by atoms with Crippen LogP contribution in [0.4, 0.5) is 0 Å². The molecule has 1 heterocycles. The Balaban J connectivity index is 1.82. The van der Waals surface area contributed by atoms with Gasteiger partial charge in [0.1, 0.15) is 0 Å². The summed E-state index contributed by atoms with van der Waals surface area (Å²) < 4.78 is 1.37. The molecule has 0 fully saturated rings. The summed E-state index contributed by atoms with van der Waals surface area (Å²) >= 11 is 0. The third kappa shape index (κ3) is 5.51. The van der Waals surface area contributed by atoms with Crippen LogP contribution in [0.3, 0.4) is 0 Å². The Morgan fingerprint density at radius 3 is 2.31 bits per heavy atom. The van der Waals surface area contributed by atoms with E-state index in [9.17, 15) is 9.59 Å². The van der Waals surface area contributed by atoms with Gasteiger partial charge in [-0.25, -0.2) is 4.68 Å². The number of carbonyl (C=O) groups is 1. The average Bonchev–Trinajstić information content (AvgIpc) is 2.69. The Kier molecular flexibility index (Phi) is 6.44. The molecule has 0 spiro atoms. The SMILES string of the molecule is CC(C)(C)NCCCNC(=O)c1nn(Cc2ccccc2)c(=O)c2ccccc12. The summed E-state index contributed by atoms with van der Waals surface area (Å²) in [4.78, 5) is 25.7. The van der Waals surface area contributed by atoms with Crippen LogP contribution in [0, 0.1) is 0 Å². The molecule has 0 aliphatic carbocycles. The molecule has 6 nitrogen and oxygen atoms in total. The highest BCUT2D eigenvalue weighted by Gasteiger charge is 2.16. The third-order valence-electron chi connectivity index (χ3n) is 4.55. The second kappa shape index (κ2) is 9.01. The first-order chi connectivity index (χ1) is 13.8. The first kappa shape index (κ1) is 20.7. The van der Waals surface area contributed by atoms with Gasteiger partial charge in [-0.05, 0) is 45.4 Å². The van der Waals surface area contributed by atoms with Crippen LogP contribution in [0.1, 0.15) is 43.2 Å². The molecule has 1 amide bonds. The molecule has 0 bridgehead atoms. The van der Waals surface area contributed by atoms with Crippen LogP contribution in [0.5, 0.6) is 0 Å². The zero-order chi connectivity index (χ0) is 20.9. The number of nitrogens with zero attached hydrogens (tertiary/aromatic N) is 2. The van der Waals surface area contributed by atoms with Crippen molar-refractivity contribution in [1.82, 2.24) is 20.4 Å². The minimum Gasteiger partial charge on any atom is -0.351 e. The lowest BCUT2D eigenvalue weighted by Gasteiger charge is -2.20. The molecule has 3 rings (SSSR count). The molecule has 0 atom stereocenters. The van der Waals surface area contributed by atoms with Gasteiger partial charge in [-0.15, -0.1) is 0 Å². The van der Waals surface area contributed by atoms with Gasteiger partial charge in [0.05, 0.1) is 11.9 Å². The lowest BCUT2D eigenvalue weighted by molar-refractivity contribution is 0.0947. The molecule has 3 aromatic rings. The second-order valence-corrected chi connectivity index (χ2v) is 8.13. The number of amides is 1. The van der Waals surface area contributed by atoms with Gasteiger partial charge in [-0.3, -0.25) is 9.59 Å². The summed E-state index contributed by atoms with van der Waals surface area (Å²) in [5.74, 6) is -0.265. The molecule has 6 heteroatoms. The van der Waals surface area contributed by atoms with Crippen molar-refractivity contribution in [3.05, 3.63) is 76.2 Å². The molecule has 0 radical (unpaired) electrons. The predicted molar refractivity (Wildman–Crippen MR) is 116 cm³/mol. The number of hydrogen-bond acceptors (Lipinski definition) is 4. The highest BCUT2D eigenvalue weighted by Crippen LogP contribution is 2.14. The van der Waals surface area contributed by atoms with Gasteiger partial charge in [0.15, 0.2) is 5.69 Å². The maximum absolute atomic E-state index is 12.9. The van der Waals surface area contributed by atoms with Gasteiger partial charge in [0.25, 0.3) is 11.5 Å². The topological polar surface area (TPSA) is 76.0 Å². The Morgan fingerprint density at radius 2 is 1.62 bits per heavy atom. The summed E-state index contributed by atoms with van der Waals surface area (Å²) in [5, 5.41) is 11.8. The van der Waals surface area contributed by atoms with Crippen molar-refractivity contribution >= 4 is 16.7 Å². The van der Waals surface area contributed by atoms with E-state index in [1.165, 1.54) is 4.68 Å². The third-order valence-corrected chi connectivity index (χ3v) is 4.55. The Hall–Kier alpha value is -2.99. The van der Waals surface area contributed by atoms with Crippen LogP contribution in [0.25, 0.3) is 10.8 Å². The van der Waals surface area contributed by atoms with Crippen molar-refractivity contribution in [2.75, 3.05) is 13.1 Å². The van der Waals surface area contributed by atoms with Crippen LogP contribution in [0.15, 0.2) is 59.4 Å². The largest absolute Gasteiger partial charge is 0.351 e. The standard InChI is InChI=1S/C23H28N4O2/c1-23(2,3)25-15-9-14-24-21(28)20-18-12-7-8-13-19(18)22(29)27(26-20)16-17-10-5-4-6-11-17/h4-8,10-13,25H,9,14-16H2,1-3H3,(H,24,28). The highest BCUT2D eigenvalue weighted by atomic mass is 16.2. The van der Waals surface area contributed by atoms with Gasteiger partial charge < -0.3 is 10.6 Å². The highest BCUT2D eigenvalue weighted by molar-refractivity contribution is 6.04. The number of aromatic nitrogens is 2. The summed E-state index contributed by atoms with van der Waals surface area (Å²) in [7, 11) is 0. The molecular formula is C23H28N4O2. The smallest absolute Gasteiger partial charge is 0.274 e. The Morgan fingerprint density at radius 1 is 0.966 bits per heavy atom. The maximum atomic E-state index is 12.9. The number of nitrogens with one attached hydrogen (secondary N) is 2. The van der Waals surface area contributed by atoms with Gasteiger partial charge in [-0.2, -0.15) is 5.10 Å². The molecule has 2 N–H and O–H groups in total. The molecular weight excluding hydrogens is 364 g/mol. The van der Waals surface area contributed by atoms with Gasteiger partial charge in [0, 0.05) is 17.5 Å².